The molecule has 0 bridgehead atoms. The Morgan fingerprint density at radius 1 is 0.962 bits per heavy atom. The van der Waals surface area contributed by atoms with E-state index in [4.69, 9.17) is 14.2 Å². The van der Waals surface area contributed by atoms with Crippen molar-refractivity contribution < 1.29 is 28.9 Å². The van der Waals surface area contributed by atoms with Crippen molar-refractivity contribution in [2.24, 2.45) is 0 Å². The van der Waals surface area contributed by atoms with Crippen LogP contribution in [0.3, 0.4) is 0 Å². The number of amides is 2. The minimum atomic E-state index is -0.624. The minimum absolute atomic E-state index is 0.0300. The number of carbonyl (C=O) groups excluding carboxylic acids is 2. The number of carbonyl (C=O) groups is 2. The monoisotopic (exact) mass is 360 g/mol. The molecule has 0 aliphatic heterocycles. The number of hydrogen-bond donors (Lipinski definition) is 3. The number of hydrazine groups is 1. The van der Waals surface area contributed by atoms with Crippen LogP contribution in [0.25, 0.3) is 0 Å². The Bertz CT molecular complexity index is 781. The second-order valence-electron chi connectivity index (χ2n) is 5.23. The first-order valence-electron chi connectivity index (χ1n) is 7.66. The molecule has 0 aliphatic rings. The number of benzene rings is 2. The van der Waals surface area contributed by atoms with Gasteiger partial charge in [0.15, 0.2) is 11.5 Å². The van der Waals surface area contributed by atoms with Crippen LogP contribution in [0, 0.1) is 0 Å². The molecule has 3 N–H and O–H groups in total. The number of nitrogens with one attached hydrogen (secondary N) is 2. The van der Waals surface area contributed by atoms with Crippen LogP contribution in [0.4, 0.5) is 0 Å². The summed E-state index contributed by atoms with van der Waals surface area (Å²) in [5.41, 5.74) is 5.21. The summed E-state index contributed by atoms with van der Waals surface area (Å²) in [6, 6.07) is 9.31. The fourth-order valence-electron chi connectivity index (χ4n) is 2.33. The molecule has 2 amide bonds. The number of rotatable bonds is 6. The fourth-order valence-corrected chi connectivity index (χ4v) is 2.33. The molecule has 0 fully saturated rings. The summed E-state index contributed by atoms with van der Waals surface area (Å²) >= 11 is 0. The van der Waals surface area contributed by atoms with E-state index >= 15 is 0 Å². The van der Waals surface area contributed by atoms with E-state index in [-0.39, 0.29) is 17.7 Å². The van der Waals surface area contributed by atoms with Crippen LogP contribution in [-0.2, 0) is 11.2 Å². The number of aromatic hydroxyl groups is 1. The quantitative estimate of drug-likeness (QED) is 0.673. The Labute approximate surface area is 150 Å². The van der Waals surface area contributed by atoms with Gasteiger partial charge in [-0.3, -0.25) is 20.4 Å². The van der Waals surface area contributed by atoms with Gasteiger partial charge in [-0.25, -0.2) is 0 Å². The van der Waals surface area contributed by atoms with E-state index in [9.17, 15) is 14.7 Å². The molecule has 0 saturated carbocycles. The molecule has 8 heteroatoms. The van der Waals surface area contributed by atoms with Gasteiger partial charge in [0.05, 0.1) is 33.3 Å². The molecule has 0 spiro atoms. The Morgan fingerprint density at radius 3 is 2.12 bits per heavy atom. The molecule has 138 valence electrons. The fraction of sp³-hybridized carbons (Fsp3) is 0.222. The highest BCUT2D eigenvalue weighted by Crippen LogP contribution is 2.38. The maximum absolute atomic E-state index is 12.1. The third-order valence-corrected chi connectivity index (χ3v) is 3.55. The normalized spacial score (nSPS) is 9.96. The summed E-state index contributed by atoms with van der Waals surface area (Å²) in [5, 5.41) is 9.63. The predicted octanol–water partition coefficient (Wildman–Crippen LogP) is 1.42. The van der Waals surface area contributed by atoms with Gasteiger partial charge < -0.3 is 19.3 Å². The molecule has 0 radical (unpaired) electrons. The van der Waals surface area contributed by atoms with Crippen LogP contribution in [0.2, 0.25) is 0 Å². The topological polar surface area (TPSA) is 106 Å². The second-order valence-corrected chi connectivity index (χ2v) is 5.23. The Hall–Kier alpha value is -3.42. The summed E-state index contributed by atoms with van der Waals surface area (Å²) in [4.78, 5) is 24.1. The van der Waals surface area contributed by atoms with E-state index < -0.39 is 11.8 Å². The first kappa shape index (κ1) is 18.9. The first-order valence-corrected chi connectivity index (χ1v) is 7.66. The van der Waals surface area contributed by atoms with Crippen molar-refractivity contribution in [3.05, 3.63) is 47.5 Å². The van der Waals surface area contributed by atoms with Gasteiger partial charge in [0.2, 0.25) is 11.7 Å². The molecular weight excluding hydrogens is 340 g/mol. The smallest absolute Gasteiger partial charge is 0.273 e. The van der Waals surface area contributed by atoms with Gasteiger partial charge in [-0.1, -0.05) is 12.1 Å². The molecule has 0 saturated heterocycles. The van der Waals surface area contributed by atoms with Gasteiger partial charge in [-0.05, 0) is 29.8 Å². The zero-order valence-corrected chi connectivity index (χ0v) is 14.7. The molecule has 2 aromatic rings. The molecule has 0 heterocycles. The van der Waals surface area contributed by atoms with Gasteiger partial charge in [0.1, 0.15) is 5.75 Å². The van der Waals surface area contributed by atoms with Crippen LogP contribution in [0.1, 0.15) is 15.9 Å². The summed E-state index contributed by atoms with van der Waals surface area (Å²) in [6.45, 7) is 0. The lowest BCUT2D eigenvalue weighted by Crippen LogP contribution is -2.42. The molecule has 2 aromatic carbocycles. The van der Waals surface area contributed by atoms with Crippen molar-refractivity contribution in [3.63, 3.8) is 0 Å². The van der Waals surface area contributed by atoms with Crippen LogP contribution in [-0.4, -0.2) is 38.3 Å². The van der Waals surface area contributed by atoms with Crippen molar-refractivity contribution >= 4 is 11.8 Å². The standard InChI is InChI=1S/C18H20N2O6/c1-24-14-8-11(9-15(25-2)17(14)26-3)10-16(22)19-20-18(23)12-6-4-5-7-13(12)21/h4-9,21H,10H2,1-3H3,(H,19,22)(H,20,23). The third kappa shape index (κ3) is 4.35. The summed E-state index contributed by atoms with van der Waals surface area (Å²) < 4.78 is 15.7. The van der Waals surface area contributed by atoms with Crippen molar-refractivity contribution in [1.82, 2.24) is 10.9 Å². The molecule has 0 aliphatic carbocycles. The summed E-state index contributed by atoms with van der Waals surface area (Å²) in [6.07, 6.45) is -0.0300. The lowest BCUT2D eigenvalue weighted by atomic mass is 10.1. The Balaban J connectivity index is 2.04. The van der Waals surface area contributed by atoms with Gasteiger partial charge >= 0.3 is 0 Å². The van der Waals surface area contributed by atoms with Gasteiger partial charge in [0.25, 0.3) is 5.91 Å². The van der Waals surface area contributed by atoms with Crippen molar-refractivity contribution in [2.75, 3.05) is 21.3 Å². The number of para-hydroxylation sites is 1. The van der Waals surface area contributed by atoms with E-state index in [0.717, 1.165) is 0 Å². The molecule has 26 heavy (non-hydrogen) atoms. The summed E-state index contributed by atoms with van der Waals surface area (Å²) in [7, 11) is 4.45. The highest BCUT2D eigenvalue weighted by atomic mass is 16.5. The highest BCUT2D eigenvalue weighted by molar-refractivity contribution is 5.97. The van der Waals surface area contributed by atoms with E-state index in [0.29, 0.717) is 22.8 Å². The number of methoxy groups -OCH3 is 3. The molecule has 8 nitrogen and oxygen atoms in total. The second kappa shape index (κ2) is 8.61. The van der Waals surface area contributed by atoms with Crippen molar-refractivity contribution in [2.45, 2.75) is 6.42 Å². The number of ether oxygens (including phenoxy) is 3. The molecule has 0 atom stereocenters. The maximum atomic E-state index is 12.1. The van der Waals surface area contributed by atoms with E-state index in [1.54, 1.807) is 24.3 Å². The van der Waals surface area contributed by atoms with Crippen molar-refractivity contribution in [3.8, 4) is 23.0 Å². The first-order chi connectivity index (χ1) is 12.5. The van der Waals surface area contributed by atoms with Crippen LogP contribution < -0.4 is 25.1 Å². The maximum Gasteiger partial charge on any atom is 0.273 e. The average Bonchev–Trinajstić information content (AvgIpc) is 2.65. The zero-order chi connectivity index (χ0) is 19.1. The third-order valence-electron chi connectivity index (χ3n) is 3.55. The van der Waals surface area contributed by atoms with E-state index in [2.05, 4.69) is 10.9 Å². The number of phenolic OH excluding ortho intramolecular Hbond substituents is 1. The highest BCUT2D eigenvalue weighted by Gasteiger charge is 2.16. The summed E-state index contributed by atoms with van der Waals surface area (Å²) in [5.74, 6) is 0.0149. The van der Waals surface area contributed by atoms with Crippen LogP contribution >= 0.6 is 0 Å². The largest absolute Gasteiger partial charge is 0.507 e. The Kier molecular flexibility index (Phi) is 6.26. The van der Waals surface area contributed by atoms with Crippen molar-refractivity contribution in [1.29, 1.82) is 0 Å². The van der Waals surface area contributed by atoms with E-state index in [1.807, 2.05) is 0 Å². The van der Waals surface area contributed by atoms with Gasteiger partial charge in [-0.2, -0.15) is 0 Å². The van der Waals surface area contributed by atoms with Gasteiger partial charge in [-0.15, -0.1) is 0 Å². The predicted molar refractivity (Wildman–Crippen MR) is 93.5 cm³/mol. The van der Waals surface area contributed by atoms with E-state index in [1.165, 1.54) is 33.5 Å². The SMILES string of the molecule is COc1cc(CC(=O)NNC(=O)c2ccccc2O)cc(OC)c1OC. The zero-order valence-electron chi connectivity index (χ0n) is 14.7. The van der Waals surface area contributed by atoms with Crippen LogP contribution in [0.5, 0.6) is 23.0 Å². The van der Waals surface area contributed by atoms with Crippen LogP contribution in [0.15, 0.2) is 36.4 Å². The molecule has 2 rings (SSSR count). The Morgan fingerprint density at radius 2 is 1.58 bits per heavy atom. The average molecular weight is 360 g/mol. The number of phenols is 1. The molecular formula is C18H20N2O6. The molecule has 0 aromatic heterocycles. The van der Waals surface area contributed by atoms with Gasteiger partial charge in [0, 0.05) is 0 Å². The minimum Gasteiger partial charge on any atom is -0.507 e. The molecule has 0 unspecified atom stereocenters. The lowest BCUT2D eigenvalue weighted by molar-refractivity contribution is -0.121. The number of hydrogen-bond acceptors (Lipinski definition) is 6. The lowest BCUT2D eigenvalue weighted by Gasteiger charge is -2.14.